The van der Waals surface area contributed by atoms with Gasteiger partial charge in [0, 0.05) is 12.3 Å². The van der Waals surface area contributed by atoms with Gasteiger partial charge in [0.05, 0.1) is 11.6 Å². The van der Waals surface area contributed by atoms with Crippen LogP contribution in [0.5, 0.6) is 0 Å². The lowest BCUT2D eigenvalue weighted by molar-refractivity contribution is -0.117. The van der Waals surface area contributed by atoms with Gasteiger partial charge in [-0.1, -0.05) is 6.58 Å². The lowest BCUT2D eigenvalue weighted by Gasteiger charge is -2.14. The van der Waals surface area contributed by atoms with Crippen molar-refractivity contribution in [3.63, 3.8) is 0 Å². The molecule has 1 rings (SSSR count). The van der Waals surface area contributed by atoms with Crippen molar-refractivity contribution in [1.29, 1.82) is 0 Å². The van der Waals surface area contributed by atoms with Gasteiger partial charge in [0.15, 0.2) is 0 Å². The Kier molecular flexibility index (Phi) is 2.38. The smallest absolute Gasteiger partial charge is 0.149 e. The predicted octanol–water partition coefficient (Wildman–Crippen LogP) is 1.10. The Morgan fingerprint density at radius 1 is 1.90 bits per heavy atom. The molecule has 0 aliphatic carbocycles. The molecule has 2 nitrogen and oxygen atoms in total. The molecule has 0 aromatic carbocycles. The van der Waals surface area contributed by atoms with Crippen molar-refractivity contribution in [2.45, 2.75) is 6.92 Å². The molecule has 0 saturated carbocycles. The molecule has 0 aromatic heterocycles. The standard InChI is InChI=1S/C7H11NOS/c1-6(9)5-8-3-4-10-7(8)2/h2-5H2,1H3. The van der Waals surface area contributed by atoms with Crippen LogP contribution in [0.2, 0.25) is 0 Å². The van der Waals surface area contributed by atoms with Crippen LogP contribution in [-0.2, 0) is 4.79 Å². The molecule has 0 unspecified atom stereocenters. The molecule has 10 heavy (non-hydrogen) atoms. The van der Waals surface area contributed by atoms with Crippen LogP contribution < -0.4 is 0 Å². The monoisotopic (exact) mass is 157 g/mol. The molecule has 1 aliphatic heterocycles. The first-order valence-corrected chi connectivity index (χ1v) is 4.25. The summed E-state index contributed by atoms with van der Waals surface area (Å²) >= 11 is 1.73. The van der Waals surface area contributed by atoms with Gasteiger partial charge >= 0.3 is 0 Å². The van der Waals surface area contributed by atoms with E-state index >= 15 is 0 Å². The van der Waals surface area contributed by atoms with E-state index in [9.17, 15) is 4.79 Å². The fourth-order valence-electron chi connectivity index (χ4n) is 0.926. The fourth-order valence-corrected chi connectivity index (χ4v) is 1.81. The number of carbonyl (C=O) groups is 1. The van der Waals surface area contributed by atoms with Gasteiger partial charge in [-0.2, -0.15) is 0 Å². The molecule has 56 valence electrons. The maximum absolute atomic E-state index is 10.7. The summed E-state index contributed by atoms with van der Waals surface area (Å²) in [6.07, 6.45) is 0. The van der Waals surface area contributed by atoms with Crippen molar-refractivity contribution in [2.75, 3.05) is 18.8 Å². The highest BCUT2D eigenvalue weighted by molar-refractivity contribution is 8.03. The van der Waals surface area contributed by atoms with Crippen molar-refractivity contribution < 1.29 is 4.79 Å². The van der Waals surface area contributed by atoms with E-state index in [0.29, 0.717) is 6.54 Å². The summed E-state index contributed by atoms with van der Waals surface area (Å²) in [5.41, 5.74) is 0. The molecular weight excluding hydrogens is 146 g/mol. The summed E-state index contributed by atoms with van der Waals surface area (Å²) in [4.78, 5) is 12.7. The highest BCUT2D eigenvalue weighted by Gasteiger charge is 2.15. The molecular formula is C7H11NOS. The molecule has 0 radical (unpaired) electrons. The van der Waals surface area contributed by atoms with E-state index in [-0.39, 0.29) is 5.78 Å². The largest absolute Gasteiger partial charge is 0.359 e. The van der Waals surface area contributed by atoms with E-state index in [1.165, 1.54) is 0 Å². The molecule has 0 atom stereocenters. The van der Waals surface area contributed by atoms with Gasteiger partial charge in [-0.25, -0.2) is 0 Å². The van der Waals surface area contributed by atoms with Crippen LogP contribution in [0.3, 0.4) is 0 Å². The maximum Gasteiger partial charge on any atom is 0.149 e. The van der Waals surface area contributed by atoms with Gasteiger partial charge in [-0.15, -0.1) is 11.8 Å². The summed E-state index contributed by atoms with van der Waals surface area (Å²) < 4.78 is 0. The maximum atomic E-state index is 10.7. The van der Waals surface area contributed by atoms with E-state index in [0.717, 1.165) is 17.3 Å². The van der Waals surface area contributed by atoms with Crippen LogP contribution in [0.15, 0.2) is 11.6 Å². The van der Waals surface area contributed by atoms with Crippen LogP contribution in [0.25, 0.3) is 0 Å². The first-order chi connectivity index (χ1) is 4.70. The number of carbonyl (C=O) groups excluding carboxylic acids is 1. The highest BCUT2D eigenvalue weighted by Crippen LogP contribution is 2.24. The van der Waals surface area contributed by atoms with Gasteiger partial charge in [-0.3, -0.25) is 4.79 Å². The van der Waals surface area contributed by atoms with E-state index < -0.39 is 0 Å². The van der Waals surface area contributed by atoms with Crippen LogP contribution in [0.1, 0.15) is 6.92 Å². The molecule has 0 N–H and O–H groups in total. The van der Waals surface area contributed by atoms with Crippen molar-refractivity contribution in [3.8, 4) is 0 Å². The van der Waals surface area contributed by atoms with E-state index in [1.807, 2.05) is 4.90 Å². The SMILES string of the molecule is C=C1SCCN1CC(C)=O. The van der Waals surface area contributed by atoms with Crippen LogP contribution in [0, 0.1) is 0 Å². The Morgan fingerprint density at radius 2 is 2.60 bits per heavy atom. The number of rotatable bonds is 2. The third-order valence-corrected chi connectivity index (χ3v) is 2.37. The Morgan fingerprint density at radius 3 is 3.00 bits per heavy atom. The summed E-state index contributed by atoms with van der Waals surface area (Å²) in [5.74, 6) is 1.29. The van der Waals surface area contributed by atoms with Gasteiger partial charge in [0.2, 0.25) is 0 Å². The summed E-state index contributed by atoms with van der Waals surface area (Å²) in [5, 5.41) is 1.04. The van der Waals surface area contributed by atoms with Gasteiger partial charge < -0.3 is 4.90 Å². The summed E-state index contributed by atoms with van der Waals surface area (Å²) in [6, 6.07) is 0. The lowest BCUT2D eigenvalue weighted by Crippen LogP contribution is -2.23. The van der Waals surface area contributed by atoms with Crippen molar-refractivity contribution in [2.24, 2.45) is 0 Å². The Hall–Kier alpha value is -0.440. The Balaban J connectivity index is 2.40. The number of Topliss-reactive ketones (excluding diaryl/α,β-unsaturated/α-hetero) is 1. The number of thioether (sulfide) groups is 1. The minimum atomic E-state index is 0.212. The minimum Gasteiger partial charge on any atom is -0.359 e. The topological polar surface area (TPSA) is 20.3 Å². The first-order valence-electron chi connectivity index (χ1n) is 3.26. The zero-order chi connectivity index (χ0) is 7.56. The predicted molar refractivity (Wildman–Crippen MR) is 43.9 cm³/mol. The van der Waals surface area contributed by atoms with E-state index in [2.05, 4.69) is 6.58 Å². The number of hydrogen-bond donors (Lipinski definition) is 0. The molecule has 0 spiro atoms. The minimum absolute atomic E-state index is 0.212. The van der Waals surface area contributed by atoms with Crippen molar-refractivity contribution in [3.05, 3.63) is 11.6 Å². The second-order valence-corrected chi connectivity index (χ2v) is 3.53. The molecule has 3 heteroatoms. The van der Waals surface area contributed by atoms with Gasteiger partial charge in [0.1, 0.15) is 5.78 Å². The van der Waals surface area contributed by atoms with Crippen LogP contribution in [-0.4, -0.2) is 29.5 Å². The Bertz CT molecular complexity index is 167. The molecule has 1 fully saturated rings. The first kappa shape index (κ1) is 7.66. The molecule has 1 saturated heterocycles. The van der Waals surface area contributed by atoms with Crippen LogP contribution >= 0.6 is 11.8 Å². The highest BCUT2D eigenvalue weighted by atomic mass is 32.2. The molecule has 1 heterocycles. The number of ketones is 1. The van der Waals surface area contributed by atoms with Crippen molar-refractivity contribution >= 4 is 17.5 Å². The Labute approximate surface area is 65.3 Å². The van der Waals surface area contributed by atoms with Gasteiger partial charge in [-0.05, 0) is 6.92 Å². The molecule has 0 aromatic rings. The number of nitrogens with zero attached hydrogens (tertiary/aromatic N) is 1. The average Bonchev–Trinajstić information content (AvgIpc) is 2.15. The normalized spacial score (nSPS) is 18.1. The summed E-state index contributed by atoms with van der Waals surface area (Å²) in [7, 11) is 0. The van der Waals surface area contributed by atoms with Crippen LogP contribution in [0.4, 0.5) is 0 Å². The summed E-state index contributed by atoms with van der Waals surface area (Å²) in [6.45, 7) is 6.94. The average molecular weight is 157 g/mol. The second kappa shape index (κ2) is 3.10. The molecule has 0 amide bonds. The lowest BCUT2D eigenvalue weighted by atomic mass is 10.4. The van der Waals surface area contributed by atoms with E-state index in [4.69, 9.17) is 0 Å². The molecule has 0 bridgehead atoms. The van der Waals surface area contributed by atoms with Gasteiger partial charge in [0.25, 0.3) is 0 Å². The third kappa shape index (κ3) is 1.77. The second-order valence-electron chi connectivity index (χ2n) is 2.37. The van der Waals surface area contributed by atoms with Crippen molar-refractivity contribution in [1.82, 2.24) is 4.90 Å². The zero-order valence-electron chi connectivity index (χ0n) is 6.09. The fraction of sp³-hybridized carbons (Fsp3) is 0.571. The zero-order valence-corrected chi connectivity index (χ0v) is 6.91. The molecule has 1 aliphatic rings. The van der Waals surface area contributed by atoms with E-state index in [1.54, 1.807) is 18.7 Å². The quantitative estimate of drug-likeness (QED) is 0.598. The number of hydrogen-bond acceptors (Lipinski definition) is 3. The third-order valence-electron chi connectivity index (χ3n) is 1.40.